The minimum Gasteiger partial charge on any atom is -0.362 e. The molecule has 0 aliphatic heterocycles. The number of carbonyl (C=O) groups is 1. The summed E-state index contributed by atoms with van der Waals surface area (Å²) in [5.74, 6) is -0.223. The molecule has 2 N–H and O–H groups in total. The number of alkyl halides is 3. The number of rotatable bonds is 6. The van der Waals surface area contributed by atoms with Crippen molar-refractivity contribution in [3.05, 3.63) is 59.4 Å². The van der Waals surface area contributed by atoms with Crippen LogP contribution in [0.4, 0.5) is 29.3 Å². The zero-order valence-corrected chi connectivity index (χ0v) is 19.5. The van der Waals surface area contributed by atoms with Gasteiger partial charge < -0.3 is 15.5 Å². The molecular formula is C25H27F4N5O. The normalized spacial score (nSPS) is 18.3. The first-order chi connectivity index (χ1) is 16.6. The van der Waals surface area contributed by atoms with Gasteiger partial charge in [-0.3, -0.25) is 4.79 Å². The van der Waals surface area contributed by atoms with Crippen LogP contribution in [0.25, 0.3) is 10.9 Å². The number of anilines is 2. The lowest BCUT2D eigenvalue weighted by atomic mass is 9.86. The Morgan fingerprint density at radius 3 is 2.46 bits per heavy atom. The smallest absolute Gasteiger partial charge is 0.362 e. The number of halogens is 4. The van der Waals surface area contributed by atoms with E-state index in [1.54, 1.807) is 0 Å². The number of carbonyl (C=O) groups excluding carboxylic acids is 1. The van der Waals surface area contributed by atoms with Crippen LogP contribution in [-0.4, -0.2) is 42.6 Å². The second kappa shape index (κ2) is 10.1. The highest BCUT2D eigenvalue weighted by molar-refractivity contribution is 5.94. The molecule has 186 valence electrons. The highest BCUT2D eigenvalue weighted by Gasteiger charge is 2.32. The molecule has 1 amide bonds. The molecule has 1 aliphatic carbocycles. The summed E-state index contributed by atoms with van der Waals surface area (Å²) in [6.07, 6.45) is -1.39. The predicted octanol–water partition coefficient (Wildman–Crippen LogP) is 5.25. The van der Waals surface area contributed by atoms with Crippen LogP contribution < -0.4 is 15.5 Å². The predicted molar refractivity (Wildman–Crippen MR) is 127 cm³/mol. The molecule has 1 fully saturated rings. The highest BCUT2D eigenvalue weighted by atomic mass is 19.4. The van der Waals surface area contributed by atoms with E-state index in [2.05, 4.69) is 20.6 Å². The molecule has 0 bridgehead atoms. The molecule has 10 heteroatoms. The molecule has 0 unspecified atom stereocenters. The van der Waals surface area contributed by atoms with Gasteiger partial charge in [0.2, 0.25) is 5.95 Å². The van der Waals surface area contributed by atoms with E-state index in [9.17, 15) is 22.4 Å². The Morgan fingerprint density at radius 2 is 1.77 bits per heavy atom. The zero-order valence-electron chi connectivity index (χ0n) is 19.5. The molecule has 1 aromatic heterocycles. The van der Waals surface area contributed by atoms with Crippen molar-refractivity contribution in [2.45, 2.75) is 37.9 Å². The topological polar surface area (TPSA) is 70.2 Å². The van der Waals surface area contributed by atoms with E-state index in [1.807, 2.05) is 43.3 Å². The summed E-state index contributed by atoms with van der Waals surface area (Å²) in [5.41, 5.74) is -0.656. The lowest BCUT2D eigenvalue weighted by Crippen LogP contribution is -2.34. The molecule has 0 spiro atoms. The monoisotopic (exact) mass is 489 g/mol. The van der Waals surface area contributed by atoms with E-state index in [0.717, 1.165) is 48.5 Å². The maximum Gasteiger partial charge on any atom is 0.416 e. The second-order valence-corrected chi connectivity index (χ2v) is 9.08. The average Bonchev–Trinajstić information content (AvgIpc) is 2.82. The van der Waals surface area contributed by atoms with Gasteiger partial charge in [-0.1, -0.05) is 12.1 Å². The van der Waals surface area contributed by atoms with Gasteiger partial charge in [0.1, 0.15) is 11.6 Å². The first-order valence-electron chi connectivity index (χ1n) is 11.5. The number of benzene rings is 2. The van der Waals surface area contributed by atoms with Gasteiger partial charge in [-0.15, -0.1) is 0 Å². The van der Waals surface area contributed by atoms with Gasteiger partial charge in [-0.2, -0.15) is 18.2 Å². The minimum absolute atomic E-state index is 0.177. The lowest BCUT2D eigenvalue weighted by molar-refractivity contribution is -0.137. The molecular weight excluding hydrogens is 462 g/mol. The van der Waals surface area contributed by atoms with Crippen molar-refractivity contribution >= 4 is 28.6 Å². The Balaban J connectivity index is 1.32. The van der Waals surface area contributed by atoms with E-state index >= 15 is 0 Å². The maximum absolute atomic E-state index is 13.6. The number of amides is 1. The van der Waals surface area contributed by atoms with Crippen molar-refractivity contribution in [2.75, 3.05) is 30.9 Å². The fourth-order valence-corrected chi connectivity index (χ4v) is 4.38. The number of aromatic nitrogens is 2. The summed E-state index contributed by atoms with van der Waals surface area (Å²) in [4.78, 5) is 23.6. The number of hydrogen-bond donors (Lipinski definition) is 2. The molecule has 1 saturated carbocycles. The largest absolute Gasteiger partial charge is 0.416 e. The number of hydrogen-bond acceptors (Lipinski definition) is 5. The maximum atomic E-state index is 13.6. The first-order valence-corrected chi connectivity index (χ1v) is 11.5. The minimum atomic E-state index is -4.72. The fraction of sp³-hybridized carbons (Fsp3) is 0.400. The highest BCUT2D eigenvalue weighted by Crippen LogP contribution is 2.31. The molecule has 1 aliphatic rings. The van der Waals surface area contributed by atoms with Crippen LogP contribution in [0.15, 0.2) is 42.5 Å². The molecule has 0 radical (unpaired) electrons. The molecule has 3 aromatic rings. The van der Waals surface area contributed by atoms with Gasteiger partial charge in [-0.25, -0.2) is 9.37 Å². The Kier molecular flexibility index (Phi) is 7.09. The Hall–Kier alpha value is -3.43. The third kappa shape index (κ3) is 5.98. The summed E-state index contributed by atoms with van der Waals surface area (Å²) in [6, 6.07) is 9.87. The number of para-hydroxylation sites is 1. The van der Waals surface area contributed by atoms with Crippen molar-refractivity contribution < 1.29 is 22.4 Å². The van der Waals surface area contributed by atoms with Crippen LogP contribution in [0.3, 0.4) is 0 Å². The van der Waals surface area contributed by atoms with Crippen LogP contribution in [-0.2, 0) is 6.18 Å². The third-order valence-electron chi connectivity index (χ3n) is 6.23. The zero-order chi connectivity index (χ0) is 25.2. The van der Waals surface area contributed by atoms with E-state index in [-0.39, 0.29) is 17.5 Å². The van der Waals surface area contributed by atoms with Crippen molar-refractivity contribution in [1.29, 1.82) is 0 Å². The van der Waals surface area contributed by atoms with Crippen LogP contribution in [0.2, 0.25) is 0 Å². The quantitative estimate of drug-likeness (QED) is 0.463. The Labute approximate surface area is 200 Å². The Bertz CT molecular complexity index is 1210. The van der Waals surface area contributed by atoms with Crippen LogP contribution in [0.1, 0.15) is 41.6 Å². The van der Waals surface area contributed by atoms with Gasteiger partial charge >= 0.3 is 6.18 Å². The van der Waals surface area contributed by atoms with Gasteiger partial charge in [0.15, 0.2) is 0 Å². The summed E-state index contributed by atoms with van der Waals surface area (Å²) in [5, 5.41) is 7.05. The van der Waals surface area contributed by atoms with Crippen LogP contribution in [0.5, 0.6) is 0 Å². The SMILES string of the molecule is CN(C)c1nc(NC2CCC(CNC(=O)c3cc(F)cc(C(F)(F)F)c3)CC2)nc2ccccc12. The van der Waals surface area contributed by atoms with Gasteiger partial charge in [0, 0.05) is 37.6 Å². The number of nitrogens with zero attached hydrogens (tertiary/aromatic N) is 3. The summed E-state index contributed by atoms with van der Waals surface area (Å²) in [7, 11) is 3.87. The third-order valence-corrected chi connectivity index (χ3v) is 6.23. The molecule has 4 rings (SSSR count). The fourth-order valence-electron chi connectivity index (χ4n) is 4.38. The van der Waals surface area contributed by atoms with Crippen LogP contribution >= 0.6 is 0 Å². The summed E-state index contributed by atoms with van der Waals surface area (Å²) in [6.45, 7) is 0.320. The molecule has 1 heterocycles. The summed E-state index contributed by atoms with van der Waals surface area (Å²) < 4.78 is 52.3. The van der Waals surface area contributed by atoms with E-state index in [4.69, 9.17) is 0 Å². The van der Waals surface area contributed by atoms with E-state index in [1.165, 1.54) is 0 Å². The first kappa shape index (κ1) is 24.7. The number of fused-ring (bicyclic) bond motifs is 1. The summed E-state index contributed by atoms with van der Waals surface area (Å²) >= 11 is 0. The van der Waals surface area contributed by atoms with Crippen molar-refractivity contribution in [3.8, 4) is 0 Å². The lowest BCUT2D eigenvalue weighted by Gasteiger charge is -2.29. The van der Waals surface area contributed by atoms with Crippen molar-refractivity contribution in [1.82, 2.24) is 15.3 Å². The molecule has 0 atom stereocenters. The molecule has 35 heavy (non-hydrogen) atoms. The van der Waals surface area contributed by atoms with Crippen molar-refractivity contribution in [2.24, 2.45) is 5.92 Å². The van der Waals surface area contributed by atoms with Gasteiger partial charge in [0.25, 0.3) is 5.91 Å². The number of nitrogens with one attached hydrogen (secondary N) is 2. The van der Waals surface area contributed by atoms with E-state index < -0.39 is 23.5 Å². The average molecular weight is 490 g/mol. The second-order valence-electron chi connectivity index (χ2n) is 9.08. The van der Waals surface area contributed by atoms with Crippen molar-refractivity contribution in [3.63, 3.8) is 0 Å². The molecule has 6 nitrogen and oxygen atoms in total. The van der Waals surface area contributed by atoms with Crippen LogP contribution in [0, 0.1) is 11.7 Å². The molecule has 0 saturated heterocycles. The van der Waals surface area contributed by atoms with E-state index in [0.29, 0.717) is 24.6 Å². The Morgan fingerprint density at radius 1 is 1.06 bits per heavy atom. The van der Waals surface area contributed by atoms with Gasteiger partial charge in [-0.05, 0) is 61.9 Å². The molecule has 2 aromatic carbocycles. The standard InChI is InChI=1S/C25H27F4N5O/c1-34(2)22-20-5-3-4-6-21(20)32-24(33-22)31-19-9-7-15(8-10-19)14-30-23(35)16-11-17(25(27,28)29)13-18(26)12-16/h3-6,11-13,15,19H,7-10,14H2,1-2H3,(H,30,35)(H,31,32,33). The van der Waals surface area contributed by atoms with Gasteiger partial charge in [0.05, 0.1) is 11.1 Å².